The standard InChI is InChI=1S/C21H27N7O3/c1-5-17(29)27-9-7-8-14(10-27)28-12-15(23-16-11-25(3)24-20(16)31-4)18-19(21(28)30)26(6-2)13-22-18/h5,11-14,23H,1,6-10H2,2-4H3. The molecule has 1 N–H and O–H groups in total. The number of piperidine rings is 1. The Bertz CT molecular complexity index is 1190. The van der Waals surface area contributed by atoms with Gasteiger partial charge in [0.2, 0.25) is 5.91 Å². The molecule has 1 aliphatic heterocycles. The predicted molar refractivity (Wildman–Crippen MR) is 118 cm³/mol. The highest BCUT2D eigenvalue weighted by Crippen LogP contribution is 2.30. The quantitative estimate of drug-likeness (QED) is 0.607. The number of rotatable bonds is 6. The fourth-order valence-corrected chi connectivity index (χ4v) is 4.15. The maximum absolute atomic E-state index is 13.5. The lowest BCUT2D eigenvalue weighted by molar-refractivity contribution is -0.127. The van der Waals surface area contributed by atoms with Gasteiger partial charge in [0.1, 0.15) is 16.7 Å². The highest BCUT2D eigenvalue weighted by molar-refractivity contribution is 5.90. The summed E-state index contributed by atoms with van der Waals surface area (Å²) in [5.41, 5.74) is 2.36. The number of ether oxygens (including phenoxy) is 1. The number of anilines is 2. The van der Waals surface area contributed by atoms with Crippen LogP contribution >= 0.6 is 0 Å². The third-order valence-electron chi connectivity index (χ3n) is 5.67. The Morgan fingerprint density at radius 1 is 1.39 bits per heavy atom. The summed E-state index contributed by atoms with van der Waals surface area (Å²) in [6.07, 6.45) is 8.22. The van der Waals surface area contributed by atoms with Gasteiger partial charge in [0.05, 0.1) is 31.4 Å². The number of pyridine rings is 1. The van der Waals surface area contributed by atoms with Crippen molar-refractivity contribution in [2.75, 3.05) is 25.5 Å². The summed E-state index contributed by atoms with van der Waals surface area (Å²) >= 11 is 0. The molecular weight excluding hydrogens is 398 g/mol. The number of nitrogens with zero attached hydrogens (tertiary/aromatic N) is 6. The van der Waals surface area contributed by atoms with Crippen molar-refractivity contribution < 1.29 is 9.53 Å². The van der Waals surface area contributed by atoms with Crippen molar-refractivity contribution in [2.24, 2.45) is 7.05 Å². The monoisotopic (exact) mass is 425 g/mol. The first kappa shape index (κ1) is 20.7. The van der Waals surface area contributed by atoms with Crippen molar-refractivity contribution in [2.45, 2.75) is 32.4 Å². The minimum absolute atomic E-state index is 0.115. The second-order valence-corrected chi connectivity index (χ2v) is 7.62. The van der Waals surface area contributed by atoms with Crippen LogP contribution in [0.4, 0.5) is 11.4 Å². The van der Waals surface area contributed by atoms with E-state index < -0.39 is 0 Å². The van der Waals surface area contributed by atoms with Crippen LogP contribution in [0.1, 0.15) is 25.8 Å². The molecular formula is C21H27N7O3. The molecule has 0 saturated carbocycles. The molecule has 0 bridgehead atoms. The van der Waals surface area contributed by atoms with Crippen molar-refractivity contribution in [3.8, 4) is 5.88 Å². The lowest BCUT2D eigenvalue weighted by atomic mass is 10.0. The lowest BCUT2D eigenvalue weighted by Crippen LogP contribution is -2.42. The average Bonchev–Trinajstić information content (AvgIpc) is 3.38. The van der Waals surface area contributed by atoms with Gasteiger partial charge in [-0.15, -0.1) is 5.10 Å². The molecule has 0 aliphatic carbocycles. The van der Waals surface area contributed by atoms with Gasteiger partial charge in [0, 0.05) is 32.9 Å². The second kappa shape index (κ2) is 8.29. The summed E-state index contributed by atoms with van der Waals surface area (Å²) in [5, 5.41) is 7.62. The predicted octanol–water partition coefficient (Wildman–Crippen LogP) is 2.05. The number of hydrogen-bond donors (Lipinski definition) is 1. The van der Waals surface area contributed by atoms with E-state index in [9.17, 15) is 9.59 Å². The van der Waals surface area contributed by atoms with E-state index >= 15 is 0 Å². The third kappa shape index (κ3) is 3.69. The highest BCUT2D eigenvalue weighted by Gasteiger charge is 2.26. The van der Waals surface area contributed by atoms with Gasteiger partial charge in [-0.3, -0.25) is 14.3 Å². The average molecular weight is 425 g/mol. The van der Waals surface area contributed by atoms with Gasteiger partial charge in [-0.2, -0.15) is 0 Å². The van der Waals surface area contributed by atoms with Gasteiger partial charge >= 0.3 is 0 Å². The first-order valence-electron chi connectivity index (χ1n) is 10.3. The van der Waals surface area contributed by atoms with Crippen molar-refractivity contribution in [3.63, 3.8) is 0 Å². The van der Waals surface area contributed by atoms with Gasteiger partial charge in [-0.05, 0) is 25.8 Å². The van der Waals surface area contributed by atoms with Crippen LogP contribution in [0, 0.1) is 0 Å². The molecule has 164 valence electrons. The zero-order valence-corrected chi connectivity index (χ0v) is 18.0. The molecule has 4 rings (SSSR count). The SMILES string of the molecule is C=CC(=O)N1CCCC(n2cc(Nc3cn(C)nc3OC)c3ncn(CC)c3c2=O)C1. The molecule has 0 radical (unpaired) electrons. The largest absolute Gasteiger partial charge is 0.478 e. The van der Waals surface area contributed by atoms with Crippen molar-refractivity contribution in [3.05, 3.63) is 41.7 Å². The van der Waals surface area contributed by atoms with Gasteiger partial charge in [-0.1, -0.05) is 6.58 Å². The van der Waals surface area contributed by atoms with Crippen LogP contribution in [-0.2, 0) is 18.4 Å². The van der Waals surface area contributed by atoms with Gasteiger partial charge in [0.25, 0.3) is 11.4 Å². The fraction of sp³-hybridized carbons (Fsp3) is 0.429. The Hall–Kier alpha value is -3.56. The molecule has 10 nitrogen and oxygen atoms in total. The van der Waals surface area contributed by atoms with E-state index in [0.29, 0.717) is 47.9 Å². The lowest BCUT2D eigenvalue weighted by Gasteiger charge is -2.33. The fourth-order valence-electron chi connectivity index (χ4n) is 4.15. The Morgan fingerprint density at radius 2 is 2.19 bits per heavy atom. The van der Waals surface area contributed by atoms with Crippen molar-refractivity contribution in [1.82, 2.24) is 28.8 Å². The third-order valence-corrected chi connectivity index (χ3v) is 5.67. The molecule has 10 heteroatoms. The van der Waals surface area contributed by atoms with E-state index in [1.54, 1.807) is 33.8 Å². The first-order valence-corrected chi connectivity index (χ1v) is 10.3. The van der Waals surface area contributed by atoms with E-state index in [0.717, 1.165) is 12.8 Å². The molecule has 1 fully saturated rings. The van der Waals surface area contributed by atoms with E-state index in [-0.39, 0.29) is 17.5 Å². The zero-order chi connectivity index (χ0) is 22.1. The number of fused-ring (bicyclic) bond motifs is 1. The zero-order valence-electron chi connectivity index (χ0n) is 18.0. The number of likely N-dealkylation sites (tertiary alicyclic amines) is 1. The molecule has 1 saturated heterocycles. The molecule has 1 amide bonds. The summed E-state index contributed by atoms with van der Waals surface area (Å²) in [4.78, 5) is 31.8. The normalized spacial score (nSPS) is 16.5. The summed E-state index contributed by atoms with van der Waals surface area (Å²) in [7, 11) is 3.37. The smallest absolute Gasteiger partial charge is 0.277 e. The maximum atomic E-state index is 13.5. The summed E-state index contributed by atoms with van der Waals surface area (Å²) in [5.74, 6) is 0.333. The first-order chi connectivity index (χ1) is 15.0. The number of hydrogen-bond acceptors (Lipinski definition) is 6. The molecule has 0 aromatic carbocycles. The van der Waals surface area contributed by atoms with Crippen LogP contribution in [-0.4, -0.2) is 54.9 Å². The van der Waals surface area contributed by atoms with Crippen LogP contribution in [0.2, 0.25) is 0 Å². The number of aromatic nitrogens is 5. The highest BCUT2D eigenvalue weighted by atomic mass is 16.5. The Balaban J connectivity index is 1.82. The minimum Gasteiger partial charge on any atom is -0.478 e. The summed E-state index contributed by atoms with van der Waals surface area (Å²) in [6.45, 7) is 7.31. The molecule has 3 aromatic rings. The molecule has 31 heavy (non-hydrogen) atoms. The number of nitrogens with one attached hydrogen (secondary N) is 1. The Morgan fingerprint density at radius 3 is 2.90 bits per heavy atom. The second-order valence-electron chi connectivity index (χ2n) is 7.62. The number of amides is 1. The van der Waals surface area contributed by atoms with E-state index in [4.69, 9.17) is 4.74 Å². The van der Waals surface area contributed by atoms with Crippen LogP contribution in [0.3, 0.4) is 0 Å². The number of methoxy groups -OCH3 is 1. The number of imidazole rings is 1. The van der Waals surface area contributed by atoms with Crippen LogP contribution in [0.25, 0.3) is 11.0 Å². The molecule has 4 heterocycles. The topological polar surface area (TPSA) is 99.2 Å². The van der Waals surface area contributed by atoms with E-state index in [1.807, 2.05) is 24.7 Å². The minimum atomic E-state index is -0.133. The van der Waals surface area contributed by atoms with Gasteiger partial charge < -0.3 is 24.1 Å². The van der Waals surface area contributed by atoms with Crippen molar-refractivity contribution >= 4 is 28.3 Å². The number of aryl methyl sites for hydroxylation is 2. The van der Waals surface area contributed by atoms with Crippen LogP contribution in [0.5, 0.6) is 5.88 Å². The molecule has 3 aromatic heterocycles. The Labute approximate surface area is 179 Å². The summed E-state index contributed by atoms with van der Waals surface area (Å²) < 4.78 is 10.6. The van der Waals surface area contributed by atoms with Gasteiger partial charge in [0.15, 0.2) is 0 Å². The van der Waals surface area contributed by atoms with Crippen LogP contribution < -0.4 is 15.6 Å². The molecule has 1 atom stereocenters. The van der Waals surface area contributed by atoms with Crippen LogP contribution in [0.15, 0.2) is 36.2 Å². The number of carbonyl (C=O) groups excluding carboxylic acids is 1. The molecule has 0 spiro atoms. The Kier molecular flexibility index (Phi) is 5.53. The van der Waals surface area contributed by atoms with E-state index in [2.05, 4.69) is 22.0 Å². The van der Waals surface area contributed by atoms with E-state index in [1.165, 1.54) is 6.08 Å². The van der Waals surface area contributed by atoms with Gasteiger partial charge in [-0.25, -0.2) is 4.98 Å². The number of carbonyl (C=O) groups is 1. The summed E-state index contributed by atoms with van der Waals surface area (Å²) in [6, 6.07) is -0.133. The maximum Gasteiger partial charge on any atom is 0.277 e. The molecule has 1 aliphatic rings. The van der Waals surface area contributed by atoms with Crippen molar-refractivity contribution in [1.29, 1.82) is 0 Å². The molecule has 1 unspecified atom stereocenters.